The number of benzene rings is 2. The van der Waals surface area contributed by atoms with E-state index in [1.165, 1.54) is 0 Å². The zero-order valence-corrected chi connectivity index (χ0v) is 15.2. The van der Waals surface area contributed by atoms with Gasteiger partial charge in [-0.05, 0) is 43.0 Å². The molecule has 6 nitrogen and oxygen atoms in total. The zero-order valence-electron chi connectivity index (χ0n) is 15.2. The summed E-state index contributed by atoms with van der Waals surface area (Å²) in [5.41, 5.74) is 3.82. The maximum absolute atomic E-state index is 12.5. The number of nitrogens with one attached hydrogen (secondary N) is 1. The Morgan fingerprint density at radius 2 is 1.89 bits per heavy atom. The molecule has 2 aliphatic rings. The fourth-order valence-electron chi connectivity index (χ4n) is 3.57. The average Bonchev–Trinajstić information content (AvgIpc) is 3.30. The third-order valence-electron chi connectivity index (χ3n) is 5.23. The van der Waals surface area contributed by atoms with E-state index in [0.29, 0.717) is 18.0 Å². The molecule has 0 spiro atoms. The van der Waals surface area contributed by atoms with Crippen LogP contribution in [0.1, 0.15) is 28.9 Å². The number of hydrogen-bond donors (Lipinski definition) is 1. The average molecular weight is 373 g/mol. The molecular weight excluding hydrogens is 354 g/mol. The summed E-state index contributed by atoms with van der Waals surface area (Å²) in [6.45, 7) is 0.714. The first kappa shape index (κ1) is 16.7. The molecule has 0 saturated heterocycles. The second-order valence-electron chi connectivity index (χ2n) is 7.25. The first-order valence-corrected chi connectivity index (χ1v) is 9.47. The molecule has 28 heavy (non-hydrogen) atoms. The molecule has 0 unspecified atom stereocenters. The monoisotopic (exact) mass is 373 g/mol. The summed E-state index contributed by atoms with van der Waals surface area (Å²) < 4.78 is 5.30. The van der Waals surface area contributed by atoms with Crippen molar-refractivity contribution in [2.45, 2.75) is 19.3 Å². The third-order valence-corrected chi connectivity index (χ3v) is 5.23. The fourth-order valence-corrected chi connectivity index (χ4v) is 3.57. The van der Waals surface area contributed by atoms with Gasteiger partial charge in [-0.1, -0.05) is 35.5 Å². The summed E-state index contributed by atoms with van der Waals surface area (Å²) >= 11 is 0. The zero-order chi connectivity index (χ0) is 19.1. The number of rotatable bonds is 4. The van der Waals surface area contributed by atoms with Gasteiger partial charge in [0, 0.05) is 35.5 Å². The van der Waals surface area contributed by atoms with Crippen molar-refractivity contribution in [3.63, 3.8) is 0 Å². The Kier molecular flexibility index (Phi) is 3.97. The molecule has 1 saturated carbocycles. The number of nitrogens with zero attached hydrogens (tertiary/aromatic N) is 2. The quantitative estimate of drug-likeness (QED) is 0.753. The van der Waals surface area contributed by atoms with Gasteiger partial charge in [0.15, 0.2) is 11.5 Å². The minimum absolute atomic E-state index is 0.205. The minimum atomic E-state index is -0.324. The van der Waals surface area contributed by atoms with Gasteiger partial charge in [-0.15, -0.1) is 0 Å². The molecule has 2 aromatic carbocycles. The molecule has 0 radical (unpaired) electrons. The highest BCUT2D eigenvalue weighted by Gasteiger charge is 2.36. The van der Waals surface area contributed by atoms with Crippen molar-refractivity contribution in [1.82, 2.24) is 5.16 Å². The number of anilines is 2. The van der Waals surface area contributed by atoms with Crippen LogP contribution in [0.4, 0.5) is 11.4 Å². The number of aromatic nitrogens is 1. The molecular formula is C22H19N3O3. The highest BCUT2D eigenvalue weighted by molar-refractivity contribution is 6.04. The topological polar surface area (TPSA) is 75.4 Å². The lowest BCUT2D eigenvalue weighted by Crippen LogP contribution is -2.30. The number of carbonyl (C=O) groups excluding carboxylic acids is 2. The minimum Gasteiger partial charge on any atom is -0.355 e. The van der Waals surface area contributed by atoms with Crippen LogP contribution in [0.3, 0.4) is 0 Å². The molecule has 1 aliphatic carbocycles. The van der Waals surface area contributed by atoms with Gasteiger partial charge in [0.05, 0.1) is 0 Å². The summed E-state index contributed by atoms with van der Waals surface area (Å²) in [6.07, 6.45) is 2.81. The van der Waals surface area contributed by atoms with Crippen LogP contribution in [-0.4, -0.2) is 23.5 Å². The summed E-state index contributed by atoms with van der Waals surface area (Å²) in [5, 5.41) is 6.75. The molecule has 1 aliphatic heterocycles. The van der Waals surface area contributed by atoms with Gasteiger partial charge in [-0.25, -0.2) is 0 Å². The molecule has 1 aromatic heterocycles. The first-order chi connectivity index (χ1) is 13.7. The van der Waals surface area contributed by atoms with Crippen molar-refractivity contribution in [3.05, 3.63) is 65.9 Å². The maximum atomic E-state index is 12.5. The van der Waals surface area contributed by atoms with Gasteiger partial charge >= 0.3 is 0 Å². The van der Waals surface area contributed by atoms with Crippen LogP contribution in [0.15, 0.2) is 59.1 Å². The van der Waals surface area contributed by atoms with Gasteiger partial charge in [-0.3, -0.25) is 9.59 Å². The normalized spacial score (nSPS) is 15.4. The van der Waals surface area contributed by atoms with E-state index >= 15 is 0 Å². The lowest BCUT2D eigenvalue weighted by molar-refractivity contribution is -0.119. The molecule has 3 aromatic rings. The van der Waals surface area contributed by atoms with Crippen molar-refractivity contribution >= 4 is 23.2 Å². The number of fused-ring (bicyclic) bond motifs is 1. The maximum Gasteiger partial charge on any atom is 0.277 e. The lowest BCUT2D eigenvalue weighted by Gasteiger charge is -2.17. The van der Waals surface area contributed by atoms with E-state index in [9.17, 15) is 9.59 Å². The molecule has 0 bridgehead atoms. The van der Waals surface area contributed by atoms with E-state index in [2.05, 4.69) is 10.5 Å². The van der Waals surface area contributed by atoms with Gasteiger partial charge < -0.3 is 14.7 Å². The number of hydrogen-bond acceptors (Lipinski definition) is 4. The molecule has 5 rings (SSSR count). The third kappa shape index (κ3) is 3.07. The smallest absolute Gasteiger partial charge is 0.277 e. The van der Waals surface area contributed by atoms with Crippen LogP contribution in [0.25, 0.3) is 11.3 Å². The second kappa shape index (κ2) is 6.64. The first-order valence-electron chi connectivity index (χ1n) is 9.47. The van der Waals surface area contributed by atoms with Crippen molar-refractivity contribution < 1.29 is 14.1 Å². The molecule has 0 atom stereocenters. The summed E-state index contributed by atoms with van der Waals surface area (Å²) in [5.74, 6) is 0.659. The van der Waals surface area contributed by atoms with Crippen molar-refractivity contribution in [1.29, 1.82) is 0 Å². The van der Waals surface area contributed by atoms with Crippen LogP contribution < -0.4 is 10.2 Å². The second-order valence-corrected chi connectivity index (χ2v) is 7.25. The van der Waals surface area contributed by atoms with Gasteiger partial charge in [0.1, 0.15) is 0 Å². The van der Waals surface area contributed by atoms with E-state index < -0.39 is 0 Å². The standard InChI is InChI=1S/C22H19N3O3/c26-21(18-13-20(28-24-18)14-4-2-1-3-5-14)23-17-8-9-19-16(12-17)10-11-25(19)22(27)15-6-7-15/h1-5,8-9,12-13,15H,6-7,10-11H2,(H,23,26). The Hall–Kier alpha value is -3.41. The van der Waals surface area contributed by atoms with Gasteiger partial charge in [-0.2, -0.15) is 0 Å². The Bertz CT molecular complexity index is 1050. The predicted molar refractivity (Wildman–Crippen MR) is 105 cm³/mol. The van der Waals surface area contributed by atoms with Crippen LogP contribution in [0, 0.1) is 5.92 Å². The van der Waals surface area contributed by atoms with Crippen LogP contribution in [0.5, 0.6) is 0 Å². The van der Waals surface area contributed by atoms with Gasteiger partial charge in [0.2, 0.25) is 5.91 Å². The molecule has 1 N–H and O–H groups in total. The summed E-state index contributed by atoms with van der Waals surface area (Å²) in [7, 11) is 0. The van der Waals surface area contributed by atoms with E-state index in [-0.39, 0.29) is 23.4 Å². The van der Waals surface area contributed by atoms with Crippen LogP contribution in [-0.2, 0) is 11.2 Å². The Morgan fingerprint density at radius 3 is 2.68 bits per heavy atom. The fraction of sp³-hybridized carbons (Fsp3) is 0.227. The van der Waals surface area contributed by atoms with E-state index in [1.807, 2.05) is 53.4 Å². The SMILES string of the molecule is O=C(Nc1ccc2c(c1)CCN2C(=O)C1CC1)c1cc(-c2ccccc2)on1. The molecule has 2 amide bonds. The molecule has 140 valence electrons. The largest absolute Gasteiger partial charge is 0.355 e. The highest BCUT2D eigenvalue weighted by Crippen LogP contribution is 2.37. The Morgan fingerprint density at radius 1 is 1.07 bits per heavy atom. The molecule has 1 fully saturated rings. The Balaban J connectivity index is 1.31. The molecule has 6 heteroatoms. The van der Waals surface area contributed by atoms with Crippen molar-refractivity contribution in [2.24, 2.45) is 5.92 Å². The van der Waals surface area contributed by atoms with Crippen LogP contribution in [0.2, 0.25) is 0 Å². The lowest BCUT2D eigenvalue weighted by atomic mass is 10.1. The predicted octanol–water partition coefficient (Wildman–Crippen LogP) is 3.89. The van der Waals surface area contributed by atoms with E-state index in [1.54, 1.807) is 6.07 Å². The van der Waals surface area contributed by atoms with E-state index in [0.717, 1.165) is 36.1 Å². The van der Waals surface area contributed by atoms with E-state index in [4.69, 9.17) is 4.52 Å². The van der Waals surface area contributed by atoms with Crippen molar-refractivity contribution in [3.8, 4) is 11.3 Å². The van der Waals surface area contributed by atoms with Crippen molar-refractivity contribution in [2.75, 3.05) is 16.8 Å². The number of carbonyl (C=O) groups is 2. The highest BCUT2D eigenvalue weighted by atomic mass is 16.5. The molecule has 2 heterocycles. The summed E-state index contributed by atoms with van der Waals surface area (Å²) in [4.78, 5) is 26.8. The Labute approximate surface area is 162 Å². The van der Waals surface area contributed by atoms with Gasteiger partial charge in [0.25, 0.3) is 5.91 Å². The summed E-state index contributed by atoms with van der Waals surface area (Å²) in [6, 6.07) is 16.8. The number of amides is 2. The van der Waals surface area contributed by atoms with Crippen LogP contribution >= 0.6 is 0 Å².